The molecule has 2 rings (SSSR count). The minimum atomic E-state index is 0.542. The van der Waals surface area contributed by atoms with E-state index in [1.54, 1.807) is 0 Å². The summed E-state index contributed by atoms with van der Waals surface area (Å²) in [7, 11) is 0. The van der Waals surface area contributed by atoms with Crippen LogP contribution in [0.15, 0.2) is 35.2 Å². The Hall–Kier alpha value is -1.33. The predicted molar refractivity (Wildman–Crippen MR) is 88.4 cm³/mol. The molecule has 0 unspecified atom stereocenters. The minimum absolute atomic E-state index is 0.542. The molecule has 0 amide bonds. The molecule has 0 bridgehead atoms. The Morgan fingerprint density at radius 1 is 1.33 bits per heavy atom. The van der Waals surface area contributed by atoms with Gasteiger partial charge in [0.1, 0.15) is 12.4 Å². The van der Waals surface area contributed by atoms with Crippen LogP contribution in [-0.4, -0.2) is 16.1 Å². The third-order valence-electron chi connectivity index (χ3n) is 3.23. The van der Waals surface area contributed by atoms with E-state index < -0.39 is 0 Å². The molecule has 1 aromatic heterocycles. The van der Waals surface area contributed by atoms with Crippen molar-refractivity contribution >= 4 is 15.9 Å². The molecule has 0 aliphatic carbocycles. The Kier molecular flexibility index (Phi) is 6.26. The van der Waals surface area contributed by atoms with E-state index in [1.165, 1.54) is 0 Å². The van der Waals surface area contributed by atoms with Gasteiger partial charge in [0, 0.05) is 23.1 Å². The highest BCUT2D eigenvalue weighted by atomic mass is 79.9. The van der Waals surface area contributed by atoms with Gasteiger partial charge in [-0.1, -0.05) is 29.8 Å². The summed E-state index contributed by atoms with van der Waals surface area (Å²) in [5, 5.41) is 3.34. The predicted octanol–water partition coefficient (Wildman–Crippen LogP) is 3.74. The van der Waals surface area contributed by atoms with Gasteiger partial charge >= 0.3 is 0 Å². The Balaban J connectivity index is 2.06. The molecule has 0 aliphatic heterocycles. The van der Waals surface area contributed by atoms with Crippen molar-refractivity contribution in [1.82, 2.24) is 14.9 Å². The number of halogens is 1. The number of hydrogen-bond donors (Lipinski definition) is 1. The number of aryl methyl sites for hydroxylation is 1. The monoisotopic (exact) mass is 351 g/mol. The molecule has 1 heterocycles. The summed E-state index contributed by atoms with van der Waals surface area (Å²) in [5.41, 5.74) is 2.27. The van der Waals surface area contributed by atoms with E-state index in [0.717, 1.165) is 47.5 Å². The van der Waals surface area contributed by atoms with Crippen LogP contribution in [0.2, 0.25) is 0 Å². The van der Waals surface area contributed by atoms with Gasteiger partial charge in [0.25, 0.3) is 0 Å². The second kappa shape index (κ2) is 8.20. The summed E-state index contributed by atoms with van der Waals surface area (Å²) >= 11 is 3.51. The van der Waals surface area contributed by atoms with Crippen molar-refractivity contribution < 1.29 is 4.74 Å². The zero-order valence-corrected chi connectivity index (χ0v) is 14.2. The highest BCUT2D eigenvalue weighted by Crippen LogP contribution is 2.24. The van der Waals surface area contributed by atoms with Crippen molar-refractivity contribution in [1.29, 1.82) is 0 Å². The summed E-state index contributed by atoms with van der Waals surface area (Å²) < 4.78 is 9.21. The maximum absolute atomic E-state index is 6.00. The Labute approximate surface area is 134 Å². The maximum atomic E-state index is 6.00. The Morgan fingerprint density at radius 3 is 2.95 bits per heavy atom. The standard InChI is InChI=1S/C16H22BrN3O/c1-3-7-20-12-19-10-15(20)11-21-16-6-5-14(17)8-13(16)9-18-4-2/h5-6,8,10,12,18H,3-4,7,9,11H2,1-2H3. The first kappa shape index (κ1) is 16.0. The largest absolute Gasteiger partial charge is 0.487 e. The van der Waals surface area contributed by atoms with E-state index in [4.69, 9.17) is 4.74 Å². The van der Waals surface area contributed by atoms with E-state index in [-0.39, 0.29) is 0 Å². The van der Waals surface area contributed by atoms with E-state index in [9.17, 15) is 0 Å². The molecular formula is C16H22BrN3O. The minimum Gasteiger partial charge on any atom is -0.487 e. The fraction of sp³-hybridized carbons (Fsp3) is 0.438. The molecule has 114 valence electrons. The van der Waals surface area contributed by atoms with Crippen LogP contribution in [0.3, 0.4) is 0 Å². The molecule has 4 nitrogen and oxygen atoms in total. The van der Waals surface area contributed by atoms with Crippen molar-refractivity contribution in [2.45, 2.75) is 40.0 Å². The maximum Gasteiger partial charge on any atom is 0.130 e. The fourth-order valence-corrected chi connectivity index (χ4v) is 2.56. The van der Waals surface area contributed by atoms with Gasteiger partial charge < -0.3 is 14.6 Å². The Morgan fingerprint density at radius 2 is 2.19 bits per heavy atom. The van der Waals surface area contributed by atoms with Crippen molar-refractivity contribution in [3.63, 3.8) is 0 Å². The lowest BCUT2D eigenvalue weighted by molar-refractivity contribution is 0.291. The number of nitrogens with one attached hydrogen (secondary N) is 1. The smallest absolute Gasteiger partial charge is 0.130 e. The first-order valence-electron chi connectivity index (χ1n) is 7.35. The van der Waals surface area contributed by atoms with Crippen LogP contribution in [0.25, 0.3) is 0 Å². The molecule has 0 aliphatic rings. The number of ether oxygens (including phenoxy) is 1. The zero-order valence-electron chi connectivity index (χ0n) is 12.6. The highest BCUT2D eigenvalue weighted by molar-refractivity contribution is 9.10. The lowest BCUT2D eigenvalue weighted by atomic mass is 10.2. The summed E-state index contributed by atoms with van der Waals surface area (Å²) in [6.45, 7) is 7.52. The van der Waals surface area contributed by atoms with Crippen molar-refractivity contribution in [2.75, 3.05) is 6.54 Å². The molecule has 0 atom stereocenters. The van der Waals surface area contributed by atoms with E-state index >= 15 is 0 Å². The third kappa shape index (κ3) is 4.58. The third-order valence-corrected chi connectivity index (χ3v) is 3.72. The quantitative estimate of drug-likeness (QED) is 0.787. The van der Waals surface area contributed by atoms with Gasteiger partial charge in [-0.15, -0.1) is 0 Å². The van der Waals surface area contributed by atoms with E-state index in [2.05, 4.69) is 50.7 Å². The summed E-state index contributed by atoms with van der Waals surface area (Å²) in [5.74, 6) is 0.920. The summed E-state index contributed by atoms with van der Waals surface area (Å²) in [6.07, 6.45) is 4.83. The molecule has 2 aromatic rings. The van der Waals surface area contributed by atoms with Gasteiger partial charge in [0.15, 0.2) is 0 Å². The average molecular weight is 352 g/mol. The first-order chi connectivity index (χ1) is 10.2. The normalized spacial score (nSPS) is 10.8. The van der Waals surface area contributed by atoms with Crippen molar-refractivity contribution in [2.24, 2.45) is 0 Å². The number of aromatic nitrogens is 2. The first-order valence-corrected chi connectivity index (χ1v) is 8.14. The topological polar surface area (TPSA) is 39.1 Å². The second-order valence-electron chi connectivity index (χ2n) is 4.90. The van der Waals surface area contributed by atoms with Gasteiger partial charge in [0.2, 0.25) is 0 Å². The number of hydrogen-bond acceptors (Lipinski definition) is 3. The second-order valence-corrected chi connectivity index (χ2v) is 5.82. The number of imidazole rings is 1. The summed E-state index contributed by atoms with van der Waals surface area (Å²) in [4.78, 5) is 4.20. The highest BCUT2D eigenvalue weighted by Gasteiger charge is 2.07. The van der Waals surface area contributed by atoms with Gasteiger partial charge in [0.05, 0.1) is 18.2 Å². The molecule has 0 saturated carbocycles. The fourth-order valence-electron chi connectivity index (χ4n) is 2.15. The van der Waals surface area contributed by atoms with Gasteiger partial charge in [-0.2, -0.15) is 0 Å². The van der Waals surface area contributed by atoms with E-state index in [1.807, 2.05) is 24.7 Å². The molecule has 1 aromatic carbocycles. The molecule has 0 fully saturated rings. The molecule has 21 heavy (non-hydrogen) atoms. The lowest BCUT2D eigenvalue weighted by Gasteiger charge is -2.13. The molecule has 1 N–H and O–H groups in total. The van der Waals surface area contributed by atoms with Crippen LogP contribution in [0.5, 0.6) is 5.75 Å². The van der Waals surface area contributed by atoms with Crippen LogP contribution < -0.4 is 10.1 Å². The number of benzene rings is 1. The SMILES string of the molecule is CCCn1cncc1COc1ccc(Br)cc1CNCC. The van der Waals surface area contributed by atoms with Crippen LogP contribution in [0, 0.1) is 0 Å². The van der Waals surface area contributed by atoms with Gasteiger partial charge in [-0.3, -0.25) is 0 Å². The lowest BCUT2D eigenvalue weighted by Crippen LogP contribution is -2.13. The molecule has 5 heteroatoms. The van der Waals surface area contributed by atoms with E-state index in [0.29, 0.717) is 6.61 Å². The van der Waals surface area contributed by atoms with Crippen LogP contribution >= 0.6 is 15.9 Å². The van der Waals surface area contributed by atoms with Crippen LogP contribution in [0.4, 0.5) is 0 Å². The van der Waals surface area contributed by atoms with Gasteiger partial charge in [-0.05, 0) is 31.2 Å². The molecular weight excluding hydrogens is 330 g/mol. The van der Waals surface area contributed by atoms with Crippen molar-refractivity contribution in [3.05, 3.63) is 46.5 Å². The summed E-state index contributed by atoms with van der Waals surface area (Å²) in [6, 6.07) is 6.12. The molecule has 0 saturated heterocycles. The van der Waals surface area contributed by atoms with Crippen LogP contribution in [0.1, 0.15) is 31.5 Å². The molecule has 0 spiro atoms. The average Bonchev–Trinajstić information content (AvgIpc) is 2.92. The van der Waals surface area contributed by atoms with Gasteiger partial charge in [-0.25, -0.2) is 4.98 Å². The molecule has 0 radical (unpaired) electrons. The van der Waals surface area contributed by atoms with Crippen molar-refractivity contribution in [3.8, 4) is 5.75 Å². The number of rotatable bonds is 8. The Bertz CT molecular complexity index is 568. The number of nitrogens with zero attached hydrogens (tertiary/aromatic N) is 2. The zero-order chi connectivity index (χ0) is 15.1. The van der Waals surface area contributed by atoms with Crippen LogP contribution in [-0.2, 0) is 19.7 Å².